The van der Waals surface area contributed by atoms with Crippen LogP contribution in [0.3, 0.4) is 0 Å². The van der Waals surface area contributed by atoms with Gasteiger partial charge in [0.25, 0.3) is 0 Å². The van der Waals surface area contributed by atoms with Crippen molar-refractivity contribution in [3.05, 3.63) is 72.2 Å². The average molecular weight is 419 g/mol. The lowest BCUT2D eigenvalue weighted by molar-refractivity contribution is 0.0955. The lowest BCUT2D eigenvalue weighted by Gasteiger charge is -2.33. The van der Waals surface area contributed by atoms with Crippen molar-refractivity contribution in [1.29, 1.82) is 0 Å². The Labute approximate surface area is 183 Å². The number of pyridine rings is 2. The Morgan fingerprint density at radius 1 is 1.16 bits per heavy atom. The van der Waals surface area contributed by atoms with E-state index < -0.39 is 6.10 Å². The Balaban J connectivity index is 1.27. The van der Waals surface area contributed by atoms with Crippen LogP contribution in [-0.2, 0) is 0 Å². The summed E-state index contributed by atoms with van der Waals surface area (Å²) in [5.41, 5.74) is 2.76. The first-order valence-corrected chi connectivity index (χ1v) is 10.9. The summed E-state index contributed by atoms with van der Waals surface area (Å²) >= 11 is 0. The number of benzene rings is 1. The van der Waals surface area contributed by atoms with Crippen LogP contribution in [0.25, 0.3) is 17.0 Å². The molecule has 0 radical (unpaired) electrons. The van der Waals surface area contributed by atoms with Crippen molar-refractivity contribution < 1.29 is 9.84 Å². The molecule has 3 heterocycles. The molecule has 162 valence electrons. The minimum Gasteiger partial charge on any atom is -0.497 e. The zero-order valence-corrected chi connectivity index (χ0v) is 17.9. The summed E-state index contributed by atoms with van der Waals surface area (Å²) in [5, 5.41) is 15.5. The van der Waals surface area contributed by atoms with Crippen LogP contribution in [0.1, 0.15) is 30.2 Å². The van der Waals surface area contributed by atoms with Crippen molar-refractivity contribution in [3.8, 4) is 5.75 Å². The van der Waals surface area contributed by atoms with E-state index in [0.29, 0.717) is 12.6 Å². The number of β-amino-alcohol motifs (C(OH)–C–C–N with tert-alkyl or cyclic N) is 1. The molecule has 1 fully saturated rings. The number of piperidine rings is 1. The number of rotatable bonds is 8. The van der Waals surface area contributed by atoms with Crippen LogP contribution in [0.15, 0.2) is 60.9 Å². The molecule has 1 saturated heterocycles. The normalized spacial score (nSPS) is 16.7. The SMILES string of the molecule is COc1ccc2nccc([C@@H](O)CN3CCC(NC/C=C/c4ccccn4)CC3)c2c1. The molecule has 1 aliphatic heterocycles. The number of nitrogens with one attached hydrogen (secondary N) is 1. The van der Waals surface area contributed by atoms with Crippen LogP contribution in [0.2, 0.25) is 0 Å². The number of hydrogen-bond acceptors (Lipinski definition) is 6. The predicted octanol–water partition coefficient (Wildman–Crippen LogP) is 3.44. The fraction of sp³-hybridized carbons (Fsp3) is 0.360. The molecule has 3 aromatic rings. The van der Waals surface area contributed by atoms with Crippen LogP contribution in [0, 0.1) is 0 Å². The second-order valence-electron chi connectivity index (χ2n) is 7.94. The molecule has 31 heavy (non-hydrogen) atoms. The molecule has 0 unspecified atom stereocenters. The molecule has 0 amide bonds. The van der Waals surface area contributed by atoms with E-state index in [9.17, 15) is 5.11 Å². The first-order valence-electron chi connectivity index (χ1n) is 10.9. The summed E-state index contributed by atoms with van der Waals surface area (Å²) in [5.74, 6) is 0.776. The van der Waals surface area contributed by atoms with Gasteiger partial charge in [-0.3, -0.25) is 9.97 Å². The standard InChI is InChI=1S/C25H30N4O2/c1-31-21-7-8-24-23(17-21)22(9-14-28-24)25(30)18-29-15-10-20(11-16-29)27-13-4-6-19-5-2-3-12-26-19/h2-9,12,14,17,20,25,27,30H,10-11,13,15-16,18H2,1H3/b6-4+/t25-/m0/s1. The quantitative estimate of drug-likeness (QED) is 0.584. The van der Waals surface area contributed by atoms with Gasteiger partial charge >= 0.3 is 0 Å². The molecule has 0 saturated carbocycles. The van der Waals surface area contributed by atoms with Crippen LogP contribution >= 0.6 is 0 Å². The van der Waals surface area contributed by atoms with Gasteiger partial charge in [-0.2, -0.15) is 0 Å². The van der Waals surface area contributed by atoms with E-state index in [2.05, 4.69) is 26.3 Å². The van der Waals surface area contributed by atoms with Crippen LogP contribution in [0.4, 0.5) is 0 Å². The number of methoxy groups -OCH3 is 1. The van der Waals surface area contributed by atoms with Crippen molar-refractivity contribution in [2.45, 2.75) is 25.0 Å². The van der Waals surface area contributed by atoms with Crippen molar-refractivity contribution in [1.82, 2.24) is 20.2 Å². The number of hydrogen-bond donors (Lipinski definition) is 2. The number of aliphatic hydroxyl groups is 1. The smallest absolute Gasteiger partial charge is 0.119 e. The summed E-state index contributed by atoms with van der Waals surface area (Å²) in [6.45, 7) is 3.42. The molecule has 1 atom stereocenters. The molecule has 0 aliphatic carbocycles. The highest BCUT2D eigenvalue weighted by Gasteiger charge is 2.22. The van der Waals surface area contributed by atoms with E-state index in [4.69, 9.17) is 4.74 Å². The topological polar surface area (TPSA) is 70.5 Å². The number of fused-ring (bicyclic) bond motifs is 1. The van der Waals surface area contributed by atoms with E-state index in [0.717, 1.165) is 60.4 Å². The fourth-order valence-corrected chi connectivity index (χ4v) is 4.12. The molecule has 6 heteroatoms. The van der Waals surface area contributed by atoms with Gasteiger partial charge in [0.2, 0.25) is 0 Å². The second-order valence-corrected chi connectivity index (χ2v) is 7.94. The molecule has 4 rings (SSSR count). The summed E-state index contributed by atoms with van der Waals surface area (Å²) in [6.07, 6.45) is 9.35. The van der Waals surface area contributed by atoms with Crippen LogP contribution in [0.5, 0.6) is 5.75 Å². The number of aromatic nitrogens is 2. The lowest BCUT2D eigenvalue weighted by atomic mass is 10.0. The number of ether oxygens (including phenoxy) is 1. The third kappa shape index (κ3) is 5.67. The second kappa shape index (κ2) is 10.5. The molecule has 1 aromatic carbocycles. The molecular formula is C25H30N4O2. The molecule has 0 spiro atoms. The number of nitrogens with zero attached hydrogens (tertiary/aromatic N) is 3. The van der Waals surface area contributed by atoms with E-state index in [1.165, 1.54) is 0 Å². The molecule has 6 nitrogen and oxygen atoms in total. The molecule has 2 aromatic heterocycles. The third-order valence-corrected chi connectivity index (χ3v) is 5.86. The maximum absolute atomic E-state index is 10.9. The zero-order valence-electron chi connectivity index (χ0n) is 17.9. The van der Waals surface area contributed by atoms with Gasteiger partial charge in [0, 0.05) is 36.9 Å². The maximum atomic E-state index is 10.9. The molecule has 0 bridgehead atoms. The Morgan fingerprint density at radius 2 is 2.03 bits per heavy atom. The van der Waals surface area contributed by atoms with E-state index in [-0.39, 0.29) is 0 Å². The largest absolute Gasteiger partial charge is 0.497 e. The minimum absolute atomic E-state index is 0.507. The molecule has 1 aliphatic rings. The highest BCUT2D eigenvalue weighted by Crippen LogP contribution is 2.27. The fourth-order valence-electron chi connectivity index (χ4n) is 4.12. The summed E-state index contributed by atoms with van der Waals surface area (Å²) in [7, 11) is 1.65. The average Bonchev–Trinajstić information content (AvgIpc) is 2.82. The Bertz CT molecular complexity index is 1000. The summed E-state index contributed by atoms with van der Waals surface area (Å²) in [4.78, 5) is 11.1. The Kier molecular flexibility index (Phi) is 7.25. The predicted molar refractivity (Wildman–Crippen MR) is 124 cm³/mol. The zero-order chi connectivity index (χ0) is 21.5. The van der Waals surface area contributed by atoms with Crippen molar-refractivity contribution in [2.75, 3.05) is 33.3 Å². The van der Waals surface area contributed by atoms with Gasteiger partial charge in [0.15, 0.2) is 0 Å². The van der Waals surface area contributed by atoms with Gasteiger partial charge in [-0.15, -0.1) is 0 Å². The lowest BCUT2D eigenvalue weighted by Crippen LogP contribution is -2.43. The van der Waals surface area contributed by atoms with Gasteiger partial charge in [-0.25, -0.2) is 0 Å². The minimum atomic E-state index is -0.552. The third-order valence-electron chi connectivity index (χ3n) is 5.86. The summed E-state index contributed by atoms with van der Waals surface area (Å²) < 4.78 is 5.35. The van der Waals surface area contributed by atoms with E-state index in [1.807, 2.05) is 54.7 Å². The summed E-state index contributed by atoms with van der Waals surface area (Å²) in [6, 6.07) is 14.1. The highest BCUT2D eigenvalue weighted by atomic mass is 16.5. The van der Waals surface area contributed by atoms with Crippen molar-refractivity contribution >= 4 is 17.0 Å². The highest BCUT2D eigenvalue weighted by molar-refractivity contribution is 5.83. The molecule has 2 N–H and O–H groups in total. The van der Waals surface area contributed by atoms with Gasteiger partial charge in [-0.1, -0.05) is 12.1 Å². The number of aliphatic hydroxyl groups excluding tert-OH is 1. The maximum Gasteiger partial charge on any atom is 0.119 e. The van der Waals surface area contributed by atoms with Gasteiger partial charge < -0.3 is 20.1 Å². The van der Waals surface area contributed by atoms with E-state index in [1.54, 1.807) is 13.3 Å². The van der Waals surface area contributed by atoms with Crippen molar-refractivity contribution in [3.63, 3.8) is 0 Å². The van der Waals surface area contributed by atoms with Gasteiger partial charge in [-0.05, 0) is 74.0 Å². The van der Waals surface area contributed by atoms with Crippen LogP contribution in [-0.4, -0.2) is 59.3 Å². The Hall–Kier alpha value is -2.80. The Morgan fingerprint density at radius 3 is 2.81 bits per heavy atom. The van der Waals surface area contributed by atoms with Gasteiger partial charge in [0.05, 0.1) is 24.4 Å². The first-order chi connectivity index (χ1) is 15.2. The number of likely N-dealkylation sites (tertiary alicyclic amines) is 1. The molecular weight excluding hydrogens is 388 g/mol. The van der Waals surface area contributed by atoms with Crippen molar-refractivity contribution in [2.24, 2.45) is 0 Å². The van der Waals surface area contributed by atoms with Crippen LogP contribution < -0.4 is 10.1 Å². The first kappa shape index (κ1) is 21.4. The monoisotopic (exact) mass is 418 g/mol. The van der Waals surface area contributed by atoms with E-state index >= 15 is 0 Å². The van der Waals surface area contributed by atoms with Gasteiger partial charge in [0.1, 0.15) is 5.75 Å².